The lowest BCUT2D eigenvalue weighted by Crippen LogP contribution is -2.34. The van der Waals surface area contributed by atoms with Gasteiger partial charge in [-0.25, -0.2) is 0 Å². The van der Waals surface area contributed by atoms with Crippen LogP contribution in [0.5, 0.6) is 0 Å². The first-order valence-electron chi connectivity index (χ1n) is 6.22. The molecule has 1 heterocycles. The Balaban J connectivity index is 1.69. The zero-order valence-corrected chi connectivity index (χ0v) is 11.3. The third kappa shape index (κ3) is 4.31. The van der Waals surface area contributed by atoms with E-state index < -0.39 is 6.10 Å². The van der Waals surface area contributed by atoms with Crippen LogP contribution in [-0.4, -0.2) is 36.9 Å². The number of aliphatic hydroxyl groups excluding tert-OH is 1. The van der Waals surface area contributed by atoms with Crippen LogP contribution < -0.4 is 5.32 Å². The van der Waals surface area contributed by atoms with Gasteiger partial charge in [0.1, 0.15) is 10.9 Å². The molecule has 0 spiro atoms. The molecular weight excluding hydrogens is 264 g/mol. The molecule has 1 aromatic heterocycles. The highest BCUT2D eigenvalue weighted by Crippen LogP contribution is 2.28. The molecule has 19 heavy (non-hydrogen) atoms. The van der Waals surface area contributed by atoms with Gasteiger partial charge < -0.3 is 15.2 Å². The molecule has 1 aliphatic carbocycles. The summed E-state index contributed by atoms with van der Waals surface area (Å²) in [4.78, 5) is 12.2. The predicted octanol–water partition coefficient (Wildman–Crippen LogP) is 1.14. The average Bonchev–Trinajstić information content (AvgIpc) is 3.10. The third-order valence-electron chi connectivity index (χ3n) is 2.85. The van der Waals surface area contributed by atoms with Gasteiger partial charge in [0.15, 0.2) is 0 Å². The molecule has 2 N–H and O–H groups in total. The van der Waals surface area contributed by atoms with Crippen molar-refractivity contribution < 1.29 is 14.6 Å². The smallest absolute Gasteiger partial charge is 0.262 e. The number of aliphatic hydroxyl groups is 1. The van der Waals surface area contributed by atoms with Gasteiger partial charge in [0.05, 0.1) is 18.3 Å². The van der Waals surface area contributed by atoms with E-state index in [1.54, 1.807) is 11.4 Å². The van der Waals surface area contributed by atoms with Crippen molar-refractivity contribution >= 4 is 17.2 Å². The number of ether oxygens (including phenoxy) is 1. The van der Waals surface area contributed by atoms with Crippen LogP contribution >= 0.6 is 11.3 Å². The van der Waals surface area contributed by atoms with Crippen LogP contribution in [0.25, 0.3) is 0 Å². The normalized spacial score (nSPS) is 15.8. The van der Waals surface area contributed by atoms with Gasteiger partial charge in [-0.3, -0.25) is 4.79 Å². The lowest BCUT2D eigenvalue weighted by atomic mass is 10.2. The van der Waals surface area contributed by atoms with E-state index in [4.69, 9.17) is 10.00 Å². The highest BCUT2D eigenvalue weighted by atomic mass is 32.1. The molecule has 1 aromatic rings. The van der Waals surface area contributed by atoms with Crippen LogP contribution in [-0.2, 0) is 4.74 Å². The summed E-state index contributed by atoms with van der Waals surface area (Å²) >= 11 is 1.22. The summed E-state index contributed by atoms with van der Waals surface area (Å²) in [5, 5.41) is 22.8. The second-order valence-corrected chi connectivity index (χ2v) is 5.54. The summed E-state index contributed by atoms with van der Waals surface area (Å²) in [6.07, 6.45) is 1.71. The molecule has 2 rings (SSSR count). The molecule has 102 valence electrons. The van der Waals surface area contributed by atoms with Crippen molar-refractivity contribution in [3.8, 4) is 6.07 Å². The number of hydrogen-bond acceptors (Lipinski definition) is 5. The number of carbonyl (C=O) groups is 1. The second kappa shape index (κ2) is 6.66. The Labute approximate surface area is 115 Å². The zero-order valence-electron chi connectivity index (χ0n) is 10.5. The maximum atomic E-state index is 11.8. The average molecular weight is 280 g/mol. The maximum Gasteiger partial charge on any atom is 0.262 e. The molecule has 1 atom stereocenters. The highest BCUT2D eigenvalue weighted by molar-refractivity contribution is 7.12. The molecule has 1 unspecified atom stereocenters. The summed E-state index contributed by atoms with van der Waals surface area (Å²) < 4.78 is 5.34. The molecule has 1 fully saturated rings. The van der Waals surface area contributed by atoms with Crippen LogP contribution in [0.1, 0.15) is 28.1 Å². The molecule has 0 radical (unpaired) electrons. The number of carbonyl (C=O) groups excluding carboxylic acids is 1. The summed E-state index contributed by atoms with van der Waals surface area (Å²) in [6.45, 7) is 1.05. The molecule has 1 saturated carbocycles. The fourth-order valence-corrected chi connectivity index (χ4v) is 2.34. The number of nitrogens with zero attached hydrogens (tertiary/aromatic N) is 1. The molecule has 6 heteroatoms. The van der Waals surface area contributed by atoms with Crippen LogP contribution in [0.15, 0.2) is 11.4 Å². The highest BCUT2D eigenvalue weighted by Gasteiger charge is 2.21. The molecule has 0 aliphatic heterocycles. The summed E-state index contributed by atoms with van der Waals surface area (Å²) in [5.74, 6) is 0.332. The Morgan fingerprint density at radius 3 is 3.16 bits per heavy atom. The summed E-state index contributed by atoms with van der Waals surface area (Å²) in [7, 11) is 0. The molecular formula is C13H16N2O3S. The Bertz CT molecular complexity index is 476. The Morgan fingerprint density at radius 1 is 1.68 bits per heavy atom. The van der Waals surface area contributed by atoms with Crippen molar-refractivity contribution in [2.24, 2.45) is 5.92 Å². The first-order valence-corrected chi connectivity index (χ1v) is 7.10. The zero-order chi connectivity index (χ0) is 13.7. The second-order valence-electron chi connectivity index (χ2n) is 4.62. The molecule has 0 saturated heterocycles. The van der Waals surface area contributed by atoms with Gasteiger partial charge in [-0.2, -0.15) is 5.26 Å². The van der Waals surface area contributed by atoms with Gasteiger partial charge in [0, 0.05) is 13.2 Å². The van der Waals surface area contributed by atoms with Gasteiger partial charge in [0.2, 0.25) is 0 Å². The first kappa shape index (κ1) is 14.0. The molecule has 0 aromatic carbocycles. The Morgan fingerprint density at radius 2 is 2.47 bits per heavy atom. The quantitative estimate of drug-likeness (QED) is 0.784. The topological polar surface area (TPSA) is 82.4 Å². The Hall–Kier alpha value is -1.42. The van der Waals surface area contributed by atoms with E-state index in [9.17, 15) is 9.90 Å². The van der Waals surface area contributed by atoms with Crippen molar-refractivity contribution in [1.82, 2.24) is 5.32 Å². The molecule has 1 amide bonds. The Kier molecular flexibility index (Phi) is 4.91. The number of amides is 1. The fraction of sp³-hybridized carbons (Fsp3) is 0.538. The monoisotopic (exact) mass is 280 g/mol. The lowest BCUT2D eigenvalue weighted by Gasteiger charge is -2.11. The predicted molar refractivity (Wildman–Crippen MR) is 70.9 cm³/mol. The van der Waals surface area contributed by atoms with Gasteiger partial charge >= 0.3 is 0 Å². The van der Waals surface area contributed by atoms with Crippen LogP contribution in [0.3, 0.4) is 0 Å². The molecule has 1 aliphatic rings. The minimum atomic E-state index is -0.715. The van der Waals surface area contributed by atoms with Crippen molar-refractivity contribution in [2.75, 3.05) is 19.8 Å². The minimum Gasteiger partial charge on any atom is -0.389 e. The molecule has 0 bridgehead atoms. The van der Waals surface area contributed by atoms with Crippen LogP contribution in [0, 0.1) is 17.2 Å². The van der Waals surface area contributed by atoms with Crippen molar-refractivity contribution in [3.63, 3.8) is 0 Å². The number of hydrogen-bond donors (Lipinski definition) is 2. The largest absolute Gasteiger partial charge is 0.389 e. The third-order valence-corrected chi connectivity index (χ3v) is 3.76. The van der Waals surface area contributed by atoms with E-state index in [-0.39, 0.29) is 19.1 Å². The van der Waals surface area contributed by atoms with Crippen LogP contribution in [0.4, 0.5) is 0 Å². The van der Waals surface area contributed by atoms with Gasteiger partial charge in [-0.15, -0.1) is 11.3 Å². The van der Waals surface area contributed by atoms with Gasteiger partial charge in [-0.1, -0.05) is 0 Å². The summed E-state index contributed by atoms with van der Waals surface area (Å²) in [6, 6.07) is 3.57. The lowest BCUT2D eigenvalue weighted by molar-refractivity contribution is 0.0321. The van der Waals surface area contributed by atoms with E-state index >= 15 is 0 Å². The van der Waals surface area contributed by atoms with Crippen molar-refractivity contribution in [2.45, 2.75) is 18.9 Å². The fourth-order valence-electron chi connectivity index (χ4n) is 1.58. The number of thiophene rings is 1. The van der Waals surface area contributed by atoms with Crippen molar-refractivity contribution in [3.05, 3.63) is 21.9 Å². The SMILES string of the molecule is N#Cc1ccsc1C(=O)NCC(O)COCC1CC1. The number of nitrogens with one attached hydrogen (secondary N) is 1. The summed E-state index contributed by atoms with van der Waals surface area (Å²) in [5.41, 5.74) is 0.363. The minimum absolute atomic E-state index is 0.131. The van der Waals surface area contributed by atoms with Crippen molar-refractivity contribution in [1.29, 1.82) is 5.26 Å². The number of nitriles is 1. The van der Waals surface area contributed by atoms with E-state index in [2.05, 4.69) is 5.32 Å². The van der Waals surface area contributed by atoms with E-state index in [0.717, 1.165) is 0 Å². The first-order chi connectivity index (χ1) is 9.20. The maximum absolute atomic E-state index is 11.8. The van der Waals surface area contributed by atoms with Gasteiger partial charge in [-0.05, 0) is 30.2 Å². The van der Waals surface area contributed by atoms with Crippen LogP contribution in [0.2, 0.25) is 0 Å². The standard InChI is InChI=1S/C13H16N2O3S/c14-5-10-3-4-19-12(10)13(17)15-6-11(16)8-18-7-9-1-2-9/h3-4,9,11,16H,1-2,6-8H2,(H,15,17). The number of rotatable bonds is 7. The van der Waals surface area contributed by atoms with E-state index in [0.29, 0.717) is 23.0 Å². The van der Waals surface area contributed by atoms with E-state index in [1.807, 2.05) is 6.07 Å². The van der Waals surface area contributed by atoms with Gasteiger partial charge in [0.25, 0.3) is 5.91 Å². The van der Waals surface area contributed by atoms with E-state index in [1.165, 1.54) is 24.2 Å². The molecule has 5 nitrogen and oxygen atoms in total.